The summed E-state index contributed by atoms with van der Waals surface area (Å²) in [5, 5.41) is 7.75. The summed E-state index contributed by atoms with van der Waals surface area (Å²) in [4.78, 5) is 0. The first-order valence-electron chi connectivity index (χ1n) is 5.97. The van der Waals surface area contributed by atoms with Gasteiger partial charge < -0.3 is 5.32 Å². The van der Waals surface area contributed by atoms with E-state index in [4.69, 9.17) is 0 Å². The van der Waals surface area contributed by atoms with Gasteiger partial charge in [0, 0.05) is 24.8 Å². The van der Waals surface area contributed by atoms with Gasteiger partial charge in [-0.05, 0) is 32.7 Å². The Kier molecular flexibility index (Phi) is 3.41. The van der Waals surface area contributed by atoms with Gasteiger partial charge in [0.05, 0.1) is 5.69 Å². The van der Waals surface area contributed by atoms with Crippen LogP contribution in [-0.4, -0.2) is 16.8 Å². The van der Waals surface area contributed by atoms with Crippen molar-refractivity contribution in [3.05, 3.63) is 17.5 Å². The summed E-state index contributed by atoms with van der Waals surface area (Å²) >= 11 is 0. The number of hydrogen-bond donors (Lipinski definition) is 1. The highest BCUT2D eigenvalue weighted by Gasteiger charge is 2.16. The fourth-order valence-corrected chi connectivity index (χ4v) is 2.47. The van der Waals surface area contributed by atoms with Crippen LogP contribution in [0.3, 0.4) is 0 Å². The van der Waals surface area contributed by atoms with E-state index in [2.05, 4.69) is 28.2 Å². The molecular formula is C12H21N3. The molecule has 0 aliphatic heterocycles. The largest absolute Gasteiger partial charge is 0.316 e. The molecule has 0 spiro atoms. The molecule has 1 aromatic rings. The lowest BCUT2D eigenvalue weighted by molar-refractivity contribution is 0.427. The van der Waals surface area contributed by atoms with Crippen molar-refractivity contribution in [2.24, 2.45) is 5.92 Å². The third-order valence-corrected chi connectivity index (χ3v) is 3.34. The second-order valence-corrected chi connectivity index (χ2v) is 4.64. The van der Waals surface area contributed by atoms with Crippen LogP contribution >= 0.6 is 0 Å². The van der Waals surface area contributed by atoms with E-state index in [0.29, 0.717) is 0 Å². The molecular weight excluding hydrogens is 186 g/mol. The maximum Gasteiger partial charge on any atom is 0.0638 e. The molecule has 0 saturated heterocycles. The number of nitrogens with one attached hydrogen (secondary N) is 1. The van der Waals surface area contributed by atoms with Gasteiger partial charge in [0.25, 0.3) is 0 Å². The average Bonchev–Trinajstić information content (AvgIpc) is 2.79. The lowest BCUT2D eigenvalue weighted by Crippen LogP contribution is -2.08. The van der Waals surface area contributed by atoms with Crippen LogP contribution in [0.25, 0.3) is 0 Å². The van der Waals surface area contributed by atoms with Crippen molar-refractivity contribution in [2.75, 3.05) is 7.05 Å². The Morgan fingerprint density at radius 2 is 2.20 bits per heavy atom. The lowest BCUT2D eigenvalue weighted by atomic mass is 10.1. The number of rotatable bonds is 4. The highest BCUT2D eigenvalue weighted by atomic mass is 15.3. The zero-order valence-corrected chi connectivity index (χ0v) is 9.79. The van der Waals surface area contributed by atoms with E-state index >= 15 is 0 Å². The van der Waals surface area contributed by atoms with Crippen LogP contribution in [0, 0.1) is 12.8 Å². The monoisotopic (exact) mass is 207 g/mol. The van der Waals surface area contributed by atoms with E-state index in [9.17, 15) is 0 Å². The van der Waals surface area contributed by atoms with E-state index < -0.39 is 0 Å². The Hall–Kier alpha value is -0.830. The first-order valence-corrected chi connectivity index (χ1v) is 5.97. The van der Waals surface area contributed by atoms with E-state index in [1.165, 1.54) is 36.9 Å². The Morgan fingerprint density at radius 1 is 1.47 bits per heavy atom. The van der Waals surface area contributed by atoms with Gasteiger partial charge in [0.15, 0.2) is 0 Å². The number of nitrogens with zero attached hydrogens (tertiary/aromatic N) is 2. The molecule has 0 aromatic carbocycles. The number of aromatic nitrogens is 2. The fourth-order valence-electron chi connectivity index (χ4n) is 2.47. The summed E-state index contributed by atoms with van der Waals surface area (Å²) in [7, 11) is 1.98. The molecule has 1 aliphatic carbocycles. The van der Waals surface area contributed by atoms with Crippen molar-refractivity contribution >= 4 is 0 Å². The molecule has 0 bridgehead atoms. The molecule has 0 unspecified atom stereocenters. The van der Waals surface area contributed by atoms with Crippen LogP contribution in [0.2, 0.25) is 0 Å². The van der Waals surface area contributed by atoms with Crippen LogP contribution in [0.5, 0.6) is 0 Å². The Labute approximate surface area is 91.9 Å². The zero-order chi connectivity index (χ0) is 10.7. The normalized spacial score (nSPS) is 17.5. The molecule has 1 fully saturated rings. The highest BCUT2D eigenvalue weighted by molar-refractivity contribution is 5.14. The molecule has 0 atom stereocenters. The lowest BCUT2D eigenvalue weighted by Gasteiger charge is -2.07. The summed E-state index contributed by atoms with van der Waals surface area (Å²) < 4.78 is 2.14. The van der Waals surface area contributed by atoms with Gasteiger partial charge >= 0.3 is 0 Å². The quantitative estimate of drug-likeness (QED) is 0.819. The topological polar surface area (TPSA) is 29.9 Å². The average molecular weight is 207 g/mol. The summed E-state index contributed by atoms with van der Waals surface area (Å²) in [6.07, 6.45) is 7.80. The minimum atomic E-state index is 0.867. The molecule has 15 heavy (non-hydrogen) atoms. The van der Waals surface area contributed by atoms with Gasteiger partial charge in [-0.25, -0.2) is 0 Å². The van der Waals surface area contributed by atoms with Gasteiger partial charge in [0.2, 0.25) is 0 Å². The summed E-state index contributed by atoms with van der Waals surface area (Å²) in [6, 6.07) is 0. The third-order valence-electron chi connectivity index (χ3n) is 3.34. The Morgan fingerprint density at radius 3 is 2.87 bits per heavy atom. The molecule has 1 heterocycles. The van der Waals surface area contributed by atoms with Gasteiger partial charge in [-0.15, -0.1) is 0 Å². The van der Waals surface area contributed by atoms with Crippen molar-refractivity contribution in [1.82, 2.24) is 15.1 Å². The minimum absolute atomic E-state index is 0.867. The van der Waals surface area contributed by atoms with Gasteiger partial charge in [-0.1, -0.05) is 12.8 Å². The van der Waals surface area contributed by atoms with Gasteiger partial charge in [-0.3, -0.25) is 4.68 Å². The third kappa shape index (κ3) is 2.59. The first-order chi connectivity index (χ1) is 7.29. The van der Waals surface area contributed by atoms with Crippen molar-refractivity contribution < 1.29 is 0 Å². The summed E-state index contributed by atoms with van der Waals surface area (Å²) in [5.41, 5.74) is 2.50. The summed E-state index contributed by atoms with van der Waals surface area (Å²) in [6.45, 7) is 4.14. The molecule has 3 nitrogen and oxygen atoms in total. The standard InChI is InChI=1S/C12H21N3/c1-10-12(7-13-2)9-15(14-10)8-11-5-3-4-6-11/h9,11,13H,3-8H2,1-2H3. The summed E-state index contributed by atoms with van der Waals surface area (Å²) in [5.74, 6) is 0.867. The Balaban J connectivity index is 1.98. The first kappa shape index (κ1) is 10.7. The van der Waals surface area contributed by atoms with Gasteiger partial charge in [0.1, 0.15) is 0 Å². The van der Waals surface area contributed by atoms with Crippen molar-refractivity contribution in [3.63, 3.8) is 0 Å². The molecule has 0 amide bonds. The predicted molar refractivity (Wildman–Crippen MR) is 61.7 cm³/mol. The molecule has 2 rings (SSSR count). The van der Waals surface area contributed by atoms with Crippen molar-refractivity contribution in [1.29, 1.82) is 0 Å². The maximum absolute atomic E-state index is 4.57. The SMILES string of the molecule is CNCc1cn(CC2CCCC2)nc1C. The highest BCUT2D eigenvalue weighted by Crippen LogP contribution is 2.26. The number of aryl methyl sites for hydroxylation is 1. The van der Waals surface area contributed by atoms with Crippen molar-refractivity contribution in [3.8, 4) is 0 Å². The molecule has 3 heteroatoms. The minimum Gasteiger partial charge on any atom is -0.316 e. The van der Waals surface area contributed by atoms with E-state index in [1.807, 2.05) is 7.05 Å². The van der Waals surface area contributed by atoms with E-state index in [-0.39, 0.29) is 0 Å². The molecule has 0 radical (unpaired) electrons. The zero-order valence-electron chi connectivity index (χ0n) is 9.79. The second kappa shape index (κ2) is 4.79. The predicted octanol–water partition coefficient (Wildman–Crippen LogP) is 2.10. The van der Waals surface area contributed by atoms with Crippen LogP contribution in [0.1, 0.15) is 36.9 Å². The molecule has 1 N–H and O–H groups in total. The van der Waals surface area contributed by atoms with Gasteiger partial charge in [-0.2, -0.15) is 5.10 Å². The van der Waals surface area contributed by atoms with Crippen LogP contribution in [0.4, 0.5) is 0 Å². The fraction of sp³-hybridized carbons (Fsp3) is 0.750. The molecule has 1 aromatic heterocycles. The van der Waals surface area contributed by atoms with Crippen LogP contribution < -0.4 is 5.32 Å². The van der Waals surface area contributed by atoms with E-state index in [1.54, 1.807) is 0 Å². The maximum atomic E-state index is 4.57. The molecule has 84 valence electrons. The number of hydrogen-bond acceptors (Lipinski definition) is 2. The van der Waals surface area contributed by atoms with Crippen molar-refractivity contribution in [2.45, 2.75) is 45.7 Å². The smallest absolute Gasteiger partial charge is 0.0638 e. The van der Waals surface area contributed by atoms with Crippen LogP contribution in [0.15, 0.2) is 6.20 Å². The van der Waals surface area contributed by atoms with E-state index in [0.717, 1.165) is 19.0 Å². The molecule has 1 aliphatic rings. The Bertz CT molecular complexity index is 311. The molecule has 1 saturated carbocycles. The second-order valence-electron chi connectivity index (χ2n) is 4.64. The van der Waals surface area contributed by atoms with Crippen LogP contribution in [-0.2, 0) is 13.1 Å².